The maximum absolute atomic E-state index is 11.6. The lowest BCUT2D eigenvalue weighted by atomic mass is 10.1. The minimum absolute atomic E-state index is 0.0172. The largest absolute Gasteiger partial charge is 0.478 e. The third-order valence-corrected chi connectivity index (χ3v) is 3.05. The van der Waals surface area contributed by atoms with Crippen LogP contribution >= 0.6 is 0 Å². The molecule has 1 aromatic carbocycles. The van der Waals surface area contributed by atoms with E-state index in [0.717, 1.165) is 25.0 Å². The Morgan fingerprint density at radius 2 is 1.90 bits per heavy atom. The second kappa shape index (κ2) is 9.94. The molecular formula is C16H23NO4. The lowest BCUT2D eigenvalue weighted by Gasteiger charge is -2.06. The average molecular weight is 293 g/mol. The molecule has 0 unspecified atom stereocenters. The summed E-state index contributed by atoms with van der Waals surface area (Å²) in [4.78, 5) is 22.3. The van der Waals surface area contributed by atoms with E-state index in [-0.39, 0.29) is 11.5 Å². The number of rotatable bonds is 10. The van der Waals surface area contributed by atoms with Crippen molar-refractivity contribution in [3.05, 3.63) is 35.4 Å². The second-order valence-electron chi connectivity index (χ2n) is 4.82. The summed E-state index contributed by atoms with van der Waals surface area (Å²) in [5.41, 5.74) is 1.21. The van der Waals surface area contributed by atoms with Crippen LogP contribution in [0.15, 0.2) is 24.3 Å². The minimum Gasteiger partial charge on any atom is -0.478 e. The second-order valence-corrected chi connectivity index (χ2v) is 4.82. The van der Waals surface area contributed by atoms with Gasteiger partial charge in [0.2, 0.25) is 5.91 Å². The molecule has 0 aliphatic rings. The summed E-state index contributed by atoms with van der Waals surface area (Å²) in [6.07, 6.45) is 3.14. The van der Waals surface area contributed by atoms with Gasteiger partial charge in [0.05, 0.1) is 12.2 Å². The number of carbonyl (C=O) groups excluding carboxylic acids is 1. The van der Waals surface area contributed by atoms with Crippen molar-refractivity contribution in [2.24, 2.45) is 0 Å². The van der Waals surface area contributed by atoms with Gasteiger partial charge in [-0.15, -0.1) is 0 Å². The number of nitrogens with one attached hydrogen (secondary N) is 1. The first kappa shape index (κ1) is 17.2. The number of unbranched alkanes of at least 4 members (excludes halogenated alkanes) is 1. The van der Waals surface area contributed by atoms with Crippen LogP contribution in [-0.4, -0.2) is 36.7 Å². The number of hydrogen-bond acceptors (Lipinski definition) is 3. The Bertz CT molecular complexity index is 442. The summed E-state index contributed by atoms with van der Waals surface area (Å²) < 4.78 is 5.35. The Hall–Kier alpha value is -1.88. The lowest BCUT2D eigenvalue weighted by molar-refractivity contribution is -0.121. The van der Waals surface area contributed by atoms with Gasteiger partial charge in [-0.3, -0.25) is 4.79 Å². The summed E-state index contributed by atoms with van der Waals surface area (Å²) in [7, 11) is 0. The van der Waals surface area contributed by atoms with Crippen molar-refractivity contribution in [1.82, 2.24) is 5.32 Å². The maximum Gasteiger partial charge on any atom is 0.335 e. The molecule has 0 aliphatic heterocycles. The van der Waals surface area contributed by atoms with E-state index in [9.17, 15) is 9.59 Å². The Morgan fingerprint density at radius 3 is 2.52 bits per heavy atom. The van der Waals surface area contributed by atoms with E-state index < -0.39 is 5.97 Å². The van der Waals surface area contributed by atoms with E-state index in [2.05, 4.69) is 12.2 Å². The van der Waals surface area contributed by atoms with Crippen LogP contribution in [0.2, 0.25) is 0 Å². The fourth-order valence-electron chi connectivity index (χ4n) is 1.77. The fraction of sp³-hybridized carbons (Fsp3) is 0.500. The van der Waals surface area contributed by atoms with Gasteiger partial charge in [-0.1, -0.05) is 25.5 Å². The third-order valence-electron chi connectivity index (χ3n) is 3.05. The monoisotopic (exact) mass is 293 g/mol. The van der Waals surface area contributed by atoms with Gasteiger partial charge >= 0.3 is 5.97 Å². The highest BCUT2D eigenvalue weighted by Crippen LogP contribution is 2.06. The van der Waals surface area contributed by atoms with Crippen LogP contribution in [0.4, 0.5) is 0 Å². The zero-order valence-corrected chi connectivity index (χ0v) is 12.4. The molecule has 0 aromatic heterocycles. The van der Waals surface area contributed by atoms with Gasteiger partial charge < -0.3 is 15.2 Å². The first-order chi connectivity index (χ1) is 10.1. The minimum atomic E-state index is -0.942. The van der Waals surface area contributed by atoms with Crippen molar-refractivity contribution in [2.75, 3.05) is 19.8 Å². The molecule has 0 fully saturated rings. The average Bonchev–Trinajstić information content (AvgIpc) is 2.49. The molecular weight excluding hydrogens is 270 g/mol. The number of benzene rings is 1. The quantitative estimate of drug-likeness (QED) is 0.649. The molecule has 0 atom stereocenters. The van der Waals surface area contributed by atoms with Gasteiger partial charge in [-0.05, 0) is 30.5 Å². The predicted octanol–water partition coefficient (Wildman–Crippen LogP) is 2.25. The number of aromatic carboxylic acids is 1. The van der Waals surface area contributed by atoms with E-state index in [4.69, 9.17) is 9.84 Å². The first-order valence-electron chi connectivity index (χ1n) is 7.30. The van der Waals surface area contributed by atoms with Crippen molar-refractivity contribution >= 4 is 11.9 Å². The molecule has 0 radical (unpaired) electrons. The molecule has 0 heterocycles. The molecule has 0 bridgehead atoms. The number of ether oxygens (including phenoxy) is 1. The van der Waals surface area contributed by atoms with Crippen molar-refractivity contribution in [2.45, 2.75) is 32.6 Å². The fourth-order valence-corrected chi connectivity index (χ4v) is 1.77. The van der Waals surface area contributed by atoms with Crippen LogP contribution in [0.25, 0.3) is 0 Å². The van der Waals surface area contributed by atoms with E-state index in [1.165, 1.54) is 0 Å². The van der Waals surface area contributed by atoms with Gasteiger partial charge in [0, 0.05) is 19.6 Å². The molecule has 5 heteroatoms. The molecule has 0 spiro atoms. The Balaban J connectivity index is 2.16. The molecule has 1 amide bonds. The number of carbonyl (C=O) groups is 2. The molecule has 0 saturated carbocycles. The van der Waals surface area contributed by atoms with Crippen molar-refractivity contribution in [1.29, 1.82) is 0 Å². The highest BCUT2D eigenvalue weighted by Gasteiger charge is 2.04. The van der Waals surface area contributed by atoms with E-state index in [0.29, 0.717) is 26.0 Å². The van der Waals surface area contributed by atoms with Crippen LogP contribution in [0.5, 0.6) is 0 Å². The van der Waals surface area contributed by atoms with Crippen molar-refractivity contribution < 1.29 is 19.4 Å². The van der Waals surface area contributed by atoms with Gasteiger partial charge in [0.1, 0.15) is 0 Å². The molecule has 5 nitrogen and oxygen atoms in total. The predicted molar refractivity (Wildman–Crippen MR) is 80.5 cm³/mol. The zero-order valence-electron chi connectivity index (χ0n) is 12.4. The topological polar surface area (TPSA) is 75.6 Å². The molecule has 1 aromatic rings. The Labute approximate surface area is 125 Å². The third kappa shape index (κ3) is 7.46. The van der Waals surface area contributed by atoms with Crippen LogP contribution in [0.1, 0.15) is 42.1 Å². The Morgan fingerprint density at radius 1 is 1.19 bits per heavy atom. The number of amides is 1. The highest BCUT2D eigenvalue weighted by atomic mass is 16.5. The zero-order chi connectivity index (χ0) is 15.5. The number of carboxylic acid groups (broad SMARTS) is 1. The van der Waals surface area contributed by atoms with Gasteiger partial charge in [0.15, 0.2) is 0 Å². The molecule has 116 valence electrons. The molecule has 0 aliphatic carbocycles. The molecule has 0 saturated heterocycles. The van der Waals surface area contributed by atoms with Crippen LogP contribution < -0.4 is 5.32 Å². The summed E-state index contributed by atoms with van der Waals surface area (Å²) in [5.74, 6) is -0.959. The van der Waals surface area contributed by atoms with E-state index in [1.54, 1.807) is 24.3 Å². The lowest BCUT2D eigenvalue weighted by Crippen LogP contribution is -2.27. The van der Waals surface area contributed by atoms with Crippen LogP contribution in [-0.2, 0) is 16.0 Å². The van der Waals surface area contributed by atoms with Gasteiger partial charge in [-0.2, -0.15) is 0 Å². The highest BCUT2D eigenvalue weighted by molar-refractivity contribution is 5.87. The summed E-state index contributed by atoms with van der Waals surface area (Å²) in [6, 6.07) is 6.59. The van der Waals surface area contributed by atoms with Crippen molar-refractivity contribution in [3.8, 4) is 0 Å². The summed E-state index contributed by atoms with van der Waals surface area (Å²) in [6.45, 7) is 3.91. The van der Waals surface area contributed by atoms with Gasteiger partial charge in [0.25, 0.3) is 0 Å². The number of carboxylic acids is 1. The Kier molecular flexibility index (Phi) is 8.12. The smallest absolute Gasteiger partial charge is 0.335 e. The maximum atomic E-state index is 11.6. The number of hydrogen-bond donors (Lipinski definition) is 2. The normalized spacial score (nSPS) is 10.3. The van der Waals surface area contributed by atoms with Crippen LogP contribution in [0, 0.1) is 0 Å². The summed E-state index contributed by atoms with van der Waals surface area (Å²) in [5, 5.41) is 11.6. The summed E-state index contributed by atoms with van der Waals surface area (Å²) >= 11 is 0. The molecule has 1 rings (SSSR count). The number of aryl methyl sites for hydroxylation is 1. The van der Waals surface area contributed by atoms with Crippen LogP contribution in [0.3, 0.4) is 0 Å². The molecule has 2 N–H and O–H groups in total. The van der Waals surface area contributed by atoms with E-state index >= 15 is 0 Å². The SMILES string of the molecule is CCCCOCCNC(=O)CCc1ccc(C(=O)O)cc1. The van der Waals surface area contributed by atoms with E-state index in [1.807, 2.05) is 0 Å². The standard InChI is InChI=1S/C16H23NO4/c1-2-3-11-21-12-10-17-15(18)9-6-13-4-7-14(8-5-13)16(19)20/h4-5,7-8H,2-3,6,9-12H2,1H3,(H,17,18)(H,19,20). The first-order valence-corrected chi connectivity index (χ1v) is 7.30. The molecule has 21 heavy (non-hydrogen) atoms. The van der Waals surface area contributed by atoms with Gasteiger partial charge in [-0.25, -0.2) is 4.79 Å². The van der Waals surface area contributed by atoms with Crippen molar-refractivity contribution in [3.63, 3.8) is 0 Å².